The van der Waals surface area contributed by atoms with Crippen LogP contribution < -0.4 is 0 Å². The van der Waals surface area contributed by atoms with Crippen molar-refractivity contribution in [2.75, 3.05) is 13.7 Å². The van der Waals surface area contributed by atoms with Crippen molar-refractivity contribution in [1.82, 2.24) is 9.47 Å². The SMILES string of the molecule is COC(=O)c1c(C)c(C(=O)CN(Cc2ccc(F)cc2)C(=O)C2CC2)c(C)n1C. The fourth-order valence-electron chi connectivity index (χ4n) is 3.64. The first kappa shape index (κ1) is 20.8. The number of benzene rings is 1. The van der Waals surface area contributed by atoms with Gasteiger partial charge in [-0.15, -0.1) is 0 Å². The first-order chi connectivity index (χ1) is 13.7. The molecule has 1 amide bonds. The Balaban J connectivity index is 1.87. The lowest BCUT2D eigenvalue weighted by atomic mass is 10.0. The second-order valence-corrected chi connectivity index (χ2v) is 7.50. The fraction of sp³-hybridized carbons (Fsp3) is 0.409. The average Bonchev–Trinajstić information content (AvgIpc) is 3.50. The van der Waals surface area contributed by atoms with Crippen LogP contribution in [0.5, 0.6) is 0 Å². The molecule has 1 aromatic heterocycles. The quantitative estimate of drug-likeness (QED) is 0.529. The number of rotatable bonds is 7. The number of carbonyl (C=O) groups is 3. The molecule has 0 spiro atoms. The number of carbonyl (C=O) groups excluding carboxylic acids is 3. The Labute approximate surface area is 169 Å². The number of Topliss-reactive ketones (excluding diaryl/α,β-unsaturated/α-hetero) is 1. The lowest BCUT2D eigenvalue weighted by Gasteiger charge is -2.22. The molecule has 1 aliphatic carbocycles. The molecule has 6 nitrogen and oxygen atoms in total. The maximum absolute atomic E-state index is 13.2. The maximum atomic E-state index is 13.2. The van der Waals surface area contributed by atoms with E-state index in [1.165, 1.54) is 24.1 Å². The van der Waals surface area contributed by atoms with Crippen LogP contribution in [0.4, 0.5) is 4.39 Å². The van der Waals surface area contributed by atoms with Gasteiger partial charge in [-0.2, -0.15) is 0 Å². The minimum atomic E-state index is -0.510. The molecule has 1 aromatic carbocycles. The van der Waals surface area contributed by atoms with E-state index in [0.29, 0.717) is 22.5 Å². The van der Waals surface area contributed by atoms with E-state index in [-0.39, 0.29) is 36.5 Å². The zero-order chi connectivity index (χ0) is 21.3. The Morgan fingerprint density at radius 2 is 1.79 bits per heavy atom. The van der Waals surface area contributed by atoms with Crippen LogP contribution in [0.3, 0.4) is 0 Å². The molecule has 0 atom stereocenters. The first-order valence-corrected chi connectivity index (χ1v) is 9.55. The lowest BCUT2D eigenvalue weighted by Crippen LogP contribution is -2.36. The predicted molar refractivity (Wildman–Crippen MR) is 105 cm³/mol. The number of aromatic nitrogens is 1. The van der Waals surface area contributed by atoms with Gasteiger partial charge in [0.05, 0.1) is 13.7 Å². The average molecular weight is 400 g/mol. The third-order valence-corrected chi connectivity index (χ3v) is 5.45. The summed E-state index contributed by atoms with van der Waals surface area (Å²) in [6.45, 7) is 3.61. The molecular formula is C22H25FN2O4. The van der Waals surface area contributed by atoms with Crippen LogP contribution in [0.2, 0.25) is 0 Å². The first-order valence-electron chi connectivity index (χ1n) is 9.55. The van der Waals surface area contributed by atoms with Crippen LogP contribution in [0.15, 0.2) is 24.3 Å². The number of nitrogens with zero attached hydrogens (tertiary/aromatic N) is 2. The van der Waals surface area contributed by atoms with Crippen molar-refractivity contribution in [2.45, 2.75) is 33.2 Å². The normalized spacial score (nSPS) is 13.3. The van der Waals surface area contributed by atoms with E-state index in [2.05, 4.69) is 0 Å². The molecule has 0 radical (unpaired) electrons. The second kappa shape index (κ2) is 8.19. The van der Waals surface area contributed by atoms with Crippen molar-refractivity contribution in [3.63, 3.8) is 0 Å². The van der Waals surface area contributed by atoms with Gasteiger partial charge >= 0.3 is 5.97 Å². The van der Waals surface area contributed by atoms with Gasteiger partial charge in [-0.05, 0) is 49.9 Å². The number of ketones is 1. The Bertz CT molecular complexity index is 958. The summed E-state index contributed by atoms with van der Waals surface area (Å²) >= 11 is 0. The van der Waals surface area contributed by atoms with Gasteiger partial charge < -0.3 is 14.2 Å². The smallest absolute Gasteiger partial charge is 0.354 e. The number of esters is 1. The molecule has 0 bridgehead atoms. The molecule has 0 aliphatic heterocycles. The van der Waals surface area contributed by atoms with Crippen molar-refractivity contribution >= 4 is 17.7 Å². The summed E-state index contributed by atoms with van der Waals surface area (Å²) in [5, 5.41) is 0. The molecule has 29 heavy (non-hydrogen) atoms. The van der Waals surface area contributed by atoms with Crippen LogP contribution in [0, 0.1) is 25.6 Å². The van der Waals surface area contributed by atoms with E-state index in [4.69, 9.17) is 4.74 Å². The highest BCUT2D eigenvalue weighted by Crippen LogP contribution is 2.32. The van der Waals surface area contributed by atoms with Gasteiger partial charge in [-0.3, -0.25) is 9.59 Å². The highest BCUT2D eigenvalue weighted by atomic mass is 19.1. The Hall–Kier alpha value is -2.96. The number of methoxy groups -OCH3 is 1. The minimum absolute atomic E-state index is 0.0492. The molecule has 1 aliphatic rings. The highest BCUT2D eigenvalue weighted by Gasteiger charge is 2.35. The standard InChI is InChI=1S/C22H25FN2O4/c1-13-19(14(2)24(3)20(13)22(28)29-4)18(26)12-25(21(27)16-7-8-16)11-15-5-9-17(23)10-6-15/h5-6,9-10,16H,7-8,11-12H2,1-4H3. The van der Waals surface area contributed by atoms with E-state index in [1.54, 1.807) is 37.6 Å². The van der Waals surface area contributed by atoms with Crippen LogP contribution >= 0.6 is 0 Å². The summed E-state index contributed by atoms with van der Waals surface area (Å²) in [5.41, 5.74) is 2.70. The summed E-state index contributed by atoms with van der Waals surface area (Å²) in [4.78, 5) is 39.5. The zero-order valence-electron chi connectivity index (χ0n) is 17.1. The third-order valence-electron chi connectivity index (χ3n) is 5.45. The summed E-state index contributed by atoms with van der Waals surface area (Å²) in [7, 11) is 3.00. The zero-order valence-corrected chi connectivity index (χ0v) is 17.1. The van der Waals surface area contributed by atoms with Crippen LogP contribution in [-0.2, 0) is 23.1 Å². The summed E-state index contributed by atoms with van der Waals surface area (Å²) in [6, 6.07) is 5.90. The molecule has 1 heterocycles. The van der Waals surface area contributed by atoms with Gasteiger partial charge in [0, 0.05) is 30.8 Å². The van der Waals surface area contributed by atoms with Gasteiger partial charge in [-0.25, -0.2) is 9.18 Å². The largest absolute Gasteiger partial charge is 0.464 e. The molecule has 154 valence electrons. The molecule has 2 aromatic rings. The Kier molecular flexibility index (Phi) is 5.86. The van der Waals surface area contributed by atoms with Crippen molar-refractivity contribution < 1.29 is 23.5 Å². The molecular weight excluding hydrogens is 375 g/mol. The molecule has 1 fully saturated rings. The van der Waals surface area contributed by atoms with Gasteiger partial charge in [0.25, 0.3) is 0 Å². The lowest BCUT2D eigenvalue weighted by molar-refractivity contribution is -0.132. The summed E-state index contributed by atoms with van der Waals surface area (Å²) in [6.07, 6.45) is 1.64. The number of hydrogen-bond acceptors (Lipinski definition) is 4. The van der Waals surface area contributed by atoms with Crippen molar-refractivity contribution in [3.8, 4) is 0 Å². The van der Waals surface area contributed by atoms with E-state index in [0.717, 1.165) is 18.4 Å². The topological polar surface area (TPSA) is 68.6 Å². The van der Waals surface area contributed by atoms with Crippen molar-refractivity contribution in [2.24, 2.45) is 13.0 Å². The monoisotopic (exact) mass is 400 g/mol. The minimum Gasteiger partial charge on any atom is -0.464 e. The van der Waals surface area contributed by atoms with E-state index < -0.39 is 5.97 Å². The Morgan fingerprint density at radius 1 is 1.17 bits per heavy atom. The van der Waals surface area contributed by atoms with Gasteiger partial charge in [0.2, 0.25) is 5.91 Å². The number of hydrogen-bond donors (Lipinski definition) is 0. The van der Waals surface area contributed by atoms with Crippen molar-refractivity contribution in [3.05, 3.63) is 58.2 Å². The van der Waals surface area contributed by atoms with Gasteiger partial charge in [0.1, 0.15) is 11.5 Å². The summed E-state index contributed by atoms with van der Waals surface area (Å²) in [5.74, 6) is -1.21. The van der Waals surface area contributed by atoms with Gasteiger partial charge in [-0.1, -0.05) is 12.1 Å². The molecule has 1 saturated carbocycles. The van der Waals surface area contributed by atoms with Crippen LogP contribution in [0.1, 0.15) is 50.5 Å². The molecule has 0 saturated heterocycles. The number of amides is 1. The van der Waals surface area contributed by atoms with E-state index >= 15 is 0 Å². The molecule has 0 unspecified atom stereocenters. The third kappa shape index (κ3) is 4.23. The van der Waals surface area contributed by atoms with Gasteiger partial charge in [0.15, 0.2) is 5.78 Å². The summed E-state index contributed by atoms with van der Waals surface area (Å²) < 4.78 is 19.7. The maximum Gasteiger partial charge on any atom is 0.354 e. The highest BCUT2D eigenvalue weighted by molar-refractivity contribution is 6.04. The number of halogens is 1. The molecule has 0 N–H and O–H groups in total. The van der Waals surface area contributed by atoms with Crippen LogP contribution in [0.25, 0.3) is 0 Å². The number of ether oxygens (including phenoxy) is 1. The molecule has 3 rings (SSSR count). The second-order valence-electron chi connectivity index (χ2n) is 7.50. The fourth-order valence-corrected chi connectivity index (χ4v) is 3.64. The van der Waals surface area contributed by atoms with Crippen LogP contribution in [-0.4, -0.2) is 40.8 Å². The van der Waals surface area contributed by atoms with Crippen molar-refractivity contribution in [1.29, 1.82) is 0 Å². The molecule has 7 heteroatoms. The van der Waals surface area contributed by atoms with E-state index in [9.17, 15) is 18.8 Å². The predicted octanol–water partition coefficient (Wildman–Crippen LogP) is 3.19. The Morgan fingerprint density at radius 3 is 2.34 bits per heavy atom. The van der Waals surface area contributed by atoms with E-state index in [1.807, 2.05) is 0 Å².